The summed E-state index contributed by atoms with van der Waals surface area (Å²) in [6, 6.07) is 18.1. The molecule has 21 heavy (non-hydrogen) atoms. The maximum absolute atomic E-state index is 5.81. The molecule has 0 saturated carbocycles. The first kappa shape index (κ1) is 14.0. The summed E-state index contributed by atoms with van der Waals surface area (Å²) in [5.74, 6) is 2.42. The number of nitrogens with one attached hydrogen (secondary N) is 1. The minimum Gasteiger partial charge on any atom is -0.493 e. The molecule has 1 fully saturated rings. The first-order valence-electron chi connectivity index (χ1n) is 7.50. The van der Waals surface area contributed by atoms with Gasteiger partial charge in [0.1, 0.15) is 18.1 Å². The molecule has 0 aliphatic carbocycles. The van der Waals surface area contributed by atoms with Gasteiger partial charge in [0.2, 0.25) is 0 Å². The van der Waals surface area contributed by atoms with Crippen molar-refractivity contribution < 1.29 is 9.47 Å². The van der Waals surface area contributed by atoms with Gasteiger partial charge in [0.05, 0.1) is 6.61 Å². The first-order valence-corrected chi connectivity index (χ1v) is 7.50. The highest BCUT2D eigenvalue weighted by molar-refractivity contribution is 5.31. The van der Waals surface area contributed by atoms with Crippen LogP contribution in [0.25, 0.3) is 0 Å². The number of hydrogen-bond donors (Lipinski definition) is 1. The van der Waals surface area contributed by atoms with Gasteiger partial charge in [-0.2, -0.15) is 0 Å². The molecule has 110 valence electrons. The van der Waals surface area contributed by atoms with E-state index in [1.165, 1.54) is 12.0 Å². The molecule has 1 atom stereocenters. The lowest BCUT2D eigenvalue weighted by Gasteiger charge is -2.11. The lowest BCUT2D eigenvalue weighted by Crippen LogP contribution is -2.15. The Labute approximate surface area is 125 Å². The largest absolute Gasteiger partial charge is 0.493 e. The van der Waals surface area contributed by atoms with Crippen molar-refractivity contribution in [2.24, 2.45) is 5.92 Å². The number of hydrogen-bond acceptors (Lipinski definition) is 3. The lowest BCUT2D eigenvalue weighted by molar-refractivity contribution is 0.259. The monoisotopic (exact) mass is 283 g/mol. The second kappa shape index (κ2) is 7.14. The quantitative estimate of drug-likeness (QED) is 0.882. The zero-order chi connectivity index (χ0) is 14.3. The first-order chi connectivity index (χ1) is 10.4. The van der Waals surface area contributed by atoms with Crippen LogP contribution in [0, 0.1) is 5.92 Å². The molecule has 3 rings (SSSR count). The Bertz CT molecular complexity index is 533. The zero-order valence-corrected chi connectivity index (χ0v) is 12.1. The van der Waals surface area contributed by atoms with Crippen LogP contribution in [0.1, 0.15) is 12.0 Å². The molecule has 1 aliphatic heterocycles. The van der Waals surface area contributed by atoms with Crippen LogP contribution >= 0.6 is 0 Å². The van der Waals surface area contributed by atoms with Gasteiger partial charge in [0.15, 0.2) is 0 Å². The van der Waals surface area contributed by atoms with E-state index in [4.69, 9.17) is 9.47 Å². The fourth-order valence-electron chi connectivity index (χ4n) is 2.44. The zero-order valence-electron chi connectivity index (χ0n) is 12.1. The topological polar surface area (TPSA) is 30.5 Å². The van der Waals surface area contributed by atoms with Crippen LogP contribution in [-0.2, 0) is 6.61 Å². The van der Waals surface area contributed by atoms with Crippen LogP contribution in [0.5, 0.6) is 11.5 Å². The summed E-state index contributed by atoms with van der Waals surface area (Å²) in [5, 5.41) is 3.35. The van der Waals surface area contributed by atoms with E-state index in [-0.39, 0.29) is 0 Å². The number of benzene rings is 2. The molecule has 0 radical (unpaired) electrons. The molecule has 1 saturated heterocycles. The summed E-state index contributed by atoms with van der Waals surface area (Å²) in [7, 11) is 0. The van der Waals surface area contributed by atoms with Crippen molar-refractivity contribution in [3.05, 3.63) is 60.2 Å². The Balaban J connectivity index is 1.47. The average molecular weight is 283 g/mol. The molecule has 0 unspecified atom stereocenters. The standard InChI is InChI=1S/C18H21NO2/c1-2-4-15(5-3-1)13-20-17-6-8-18(9-7-17)21-14-16-10-11-19-12-16/h1-9,16,19H,10-14H2/t16-/m1/s1. The SMILES string of the molecule is c1ccc(COc2ccc(OC[C@@H]3CCNC3)cc2)cc1. The molecule has 3 nitrogen and oxygen atoms in total. The molecule has 2 aromatic carbocycles. The molecular weight excluding hydrogens is 262 g/mol. The Morgan fingerprint density at radius 2 is 1.62 bits per heavy atom. The molecule has 2 aromatic rings. The fourth-order valence-corrected chi connectivity index (χ4v) is 2.44. The molecule has 1 heterocycles. The van der Waals surface area contributed by atoms with E-state index in [1.807, 2.05) is 42.5 Å². The Hall–Kier alpha value is -2.00. The fraction of sp³-hybridized carbons (Fsp3) is 0.333. The van der Waals surface area contributed by atoms with Crippen LogP contribution < -0.4 is 14.8 Å². The van der Waals surface area contributed by atoms with E-state index in [1.54, 1.807) is 0 Å². The van der Waals surface area contributed by atoms with E-state index >= 15 is 0 Å². The molecule has 1 N–H and O–H groups in total. The van der Waals surface area contributed by atoms with Crippen molar-refractivity contribution in [3.8, 4) is 11.5 Å². The smallest absolute Gasteiger partial charge is 0.120 e. The van der Waals surface area contributed by atoms with Crippen molar-refractivity contribution in [1.82, 2.24) is 5.32 Å². The molecule has 0 amide bonds. The van der Waals surface area contributed by atoms with E-state index in [0.29, 0.717) is 12.5 Å². The second-order valence-corrected chi connectivity index (χ2v) is 5.42. The molecule has 3 heteroatoms. The van der Waals surface area contributed by atoms with Crippen LogP contribution in [-0.4, -0.2) is 19.7 Å². The summed E-state index contributed by atoms with van der Waals surface area (Å²) in [6.07, 6.45) is 1.21. The summed E-state index contributed by atoms with van der Waals surface area (Å²) < 4.78 is 11.6. The predicted molar refractivity (Wildman–Crippen MR) is 83.7 cm³/mol. The van der Waals surface area contributed by atoms with E-state index < -0.39 is 0 Å². The molecule has 0 spiro atoms. The van der Waals surface area contributed by atoms with Crippen LogP contribution in [0.3, 0.4) is 0 Å². The summed E-state index contributed by atoms with van der Waals surface area (Å²) in [5.41, 5.74) is 1.17. The van der Waals surface area contributed by atoms with Gasteiger partial charge in [-0.05, 0) is 42.8 Å². The number of ether oxygens (including phenoxy) is 2. The molecular formula is C18H21NO2. The van der Waals surface area contributed by atoms with Crippen molar-refractivity contribution >= 4 is 0 Å². The number of rotatable bonds is 6. The highest BCUT2D eigenvalue weighted by atomic mass is 16.5. The molecule has 0 bridgehead atoms. The maximum atomic E-state index is 5.81. The van der Waals surface area contributed by atoms with Gasteiger partial charge >= 0.3 is 0 Å². The highest BCUT2D eigenvalue weighted by Gasteiger charge is 2.14. The minimum absolute atomic E-state index is 0.592. The minimum atomic E-state index is 0.592. The molecule has 0 aromatic heterocycles. The van der Waals surface area contributed by atoms with Gasteiger partial charge in [0.25, 0.3) is 0 Å². The summed E-state index contributed by atoms with van der Waals surface area (Å²) in [6.45, 7) is 3.56. The van der Waals surface area contributed by atoms with Gasteiger partial charge in [-0.3, -0.25) is 0 Å². The van der Waals surface area contributed by atoms with Gasteiger partial charge in [-0.1, -0.05) is 30.3 Å². The van der Waals surface area contributed by atoms with E-state index in [9.17, 15) is 0 Å². The van der Waals surface area contributed by atoms with Crippen molar-refractivity contribution in [1.29, 1.82) is 0 Å². The van der Waals surface area contributed by atoms with Gasteiger partial charge in [-0.25, -0.2) is 0 Å². The highest BCUT2D eigenvalue weighted by Crippen LogP contribution is 2.20. The normalized spacial score (nSPS) is 17.6. The predicted octanol–water partition coefficient (Wildman–Crippen LogP) is 3.25. The second-order valence-electron chi connectivity index (χ2n) is 5.42. The summed E-state index contributed by atoms with van der Waals surface area (Å²) in [4.78, 5) is 0. The molecule has 1 aliphatic rings. The average Bonchev–Trinajstić information content (AvgIpc) is 3.06. The van der Waals surface area contributed by atoms with Gasteiger partial charge in [-0.15, -0.1) is 0 Å². The van der Waals surface area contributed by atoms with Crippen LogP contribution in [0.4, 0.5) is 0 Å². The third-order valence-corrected chi connectivity index (χ3v) is 3.72. The van der Waals surface area contributed by atoms with Crippen molar-refractivity contribution in [2.45, 2.75) is 13.0 Å². The van der Waals surface area contributed by atoms with Crippen LogP contribution in [0.15, 0.2) is 54.6 Å². The van der Waals surface area contributed by atoms with Crippen molar-refractivity contribution in [3.63, 3.8) is 0 Å². The Morgan fingerprint density at radius 1 is 0.905 bits per heavy atom. The lowest BCUT2D eigenvalue weighted by atomic mass is 10.1. The van der Waals surface area contributed by atoms with E-state index in [2.05, 4.69) is 17.4 Å². The van der Waals surface area contributed by atoms with Gasteiger partial charge < -0.3 is 14.8 Å². The van der Waals surface area contributed by atoms with E-state index in [0.717, 1.165) is 31.2 Å². The third-order valence-electron chi connectivity index (χ3n) is 3.72. The van der Waals surface area contributed by atoms with Crippen LogP contribution in [0.2, 0.25) is 0 Å². The van der Waals surface area contributed by atoms with Crippen molar-refractivity contribution in [2.75, 3.05) is 19.7 Å². The third kappa shape index (κ3) is 4.23. The Kier molecular flexibility index (Phi) is 4.74. The Morgan fingerprint density at radius 3 is 2.29 bits per heavy atom. The van der Waals surface area contributed by atoms with Gasteiger partial charge in [0, 0.05) is 12.5 Å². The summed E-state index contributed by atoms with van der Waals surface area (Å²) >= 11 is 0. The maximum Gasteiger partial charge on any atom is 0.120 e.